The Balaban J connectivity index is 4.25. The number of carboxylic acid groups (broad SMARTS) is 1. The van der Waals surface area contributed by atoms with Crippen LogP contribution in [-0.2, 0) is 14.3 Å². The number of hydrogen-bond acceptors (Lipinski definition) is 6. The van der Waals surface area contributed by atoms with Crippen LogP contribution in [0.3, 0.4) is 0 Å². The smallest absolute Gasteiger partial charge is 0.413 e. The number of imide groups is 1. The van der Waals surface area contributed by atoms with E-state index in [4.69, 9.17) is 5.11 Å². The molecular weight excluding hydrogens is 254 g/mol. The molecule has 0 aliphatic carbocycles. The molecule has 0 unspecified atom stereocenters. The third kappa shape index (κ3) is 9.98. The Morgan fingerprint density at radius 1 is 1.16 bits per heavy atom. The summed E-state index contributed by atoms with van der Waals surface area (Å²) in [6, 6.07) is 0. The van der Waals surface area contributed by atoms with Crippen molar-refractivity contribution in [2.24, 2.45) is 0 Å². The molecule has 2 amide bonds. The molecule has 0 aliphatic rings. The zero-order chi connectivity index (χ0) is 14.8. The van der Waals surface area contributed by atoms with Gasteiger partial charge in [0.1, 0.15) is 0 Å². The number of carboxylic acids is 1. The number of nitrogens with zero attached hydrogens (tertiary/aromatic N) is 2. The van der Waals surface area contributed by atoms with Crippen molar-refractivity contribution in [3.63, 3.8) is 0 Å². The van der Waals surface area contributed by atoms with E-state index in [0.29, 0.717) is 13.1 Å². The number of rotatable bonds is 8. The van der Waals surface area contributed by atoms with Crippen molar-refractivity contribution in [2.75, 3.05) is 46.9 Å². The van der Waals surface area contributed by atoms with Crippen LogP contribution in [-0.4, -0.2) is 79.8 Å². The summed E-state index contributed by atoms with van der Waals surface area (Å²) >= 11 is 0. The van der Waals surface area contributed by atoms with Crippen LogP contribution in [0, 0.1) is 0 Å². The van der Waals surface area contributed by atoms with E-state index >= 15 is 0 Å². The highest BCUT2D eigenvalue weighted by Crippen LogP contribution is 1.90. The molecule has 110 valence electrons. The van der Waals surface area contributed by atoms with E-state index in [-0.39, 0.29) is 19.7 Å². The summed E-state index contributed by atoms with van der Waals surface area (Å²) in [7, 11) is 3.69. The molecule has 8 nitrogen and oxygen atoms in total. The topological polar surface area (TPSA) is 99.2 Å². The van der Waals surface area contributed by atoms with E-state index in [1.807, 2.05) is 24.3 Å². The summed E-state index contributed by atoms with van der Waals surface area (Å²) < 4.78 is 4.56. The van der Waals surface area contributed by atoms with E-state index in [0.717, 1.165) is 0 Å². The Morgan fingerprint density at radius 3 is 2.26 bits per heavy atom. The first-order valence-corrected chi connectivity index (χ1v) is 5.90. The minimum Gasteiger partial charge on any atom is -0.480 e. The van der Waals surface area contributed by atoms with Crippen molar-refractivity contribution in [2.45, 2.75) is 6.92 Å². The number of carbonyl (C=O) groups excluding carboxylic acids is 2. The van der Waals surface area contributed by atoms with Gasteiger partial charge in [0.2, 0.25) is 5.91 Å². The molecule has 19 heavy (non-hydrogen) atoms. The van der Waals surface area contributed by atoms with Crippen LogP contribution in [0.2, 0.25) is 0 Å². The van der Waals surface area contributed by atoms with Crippen LogP contribution in [0.1, 0.15) is 6.92 Å². The molecule has 0 bridgehead atoms. The van der Waals surface area contributed by atoms with E-state index in [1.54, 1.807) is 6.92 Å². The van der Waals surface area contributed by atoms with Crippen molar-refractivity contribution in [1.82, 2.24) is 15.1 Å². The summed E-state index contributed by atoms with van der Waals surface area (Å²) in [6.07, 6.45) is -0.824. The molecule has 0 aromatic carbocycles. The van der Waals surface area contributed by atoms with E-state index < -0.39 is 18.0 Å². The SMILES string of the molecule is CCOC(=O)NC(=O)CN(CCN(C)C)CC(=O)O. The van der Waals surface area contributed by atoms with Gasteiger partial charge in [-0.25, -0.2) is 4.79 Å². The maximum absolute atomic E-state index is 11.5. The summed E-state index contributed by atoms with van der Waals surface area (Å²) in [6.45, 7) is 2.38. The van der Waals surface area contributed by atoms with Gasteiger partial charge in [-0.3, -0.25) is 19.8 Å². The maximum atomic E-state index is 11.5. The summed E-state index contributed by atoms with van der Waals surface area (Å²) in [5.74, 6) is -1.61. The molecule has 0 aliphatic heterocycles. The molecular formula is C11H21N3O5. The largest absolute Gasteiger partial charge is 0.480 e. The average Bonchev–Trinajstić information content (AvgIpc) is 2.25. The van der Waals surface area contributed by atoms with Gasteiger partial charge in [-0.05, 0) is 21.0 Å². The number of alkyl carbamates (subject to hydrolysis) is 1. The van der Waals surface area contributed by atoms with Gasteiger partial charge in [0.05, 0.1) is 19.7 Å². The first-order chi connectivity index (χ1) is 8.85. The van der Waals surface area contributed by atoms with Gasteiger partial charge in [-0.15, -0.1) is 0 Å². The number of hydrogen-bond donors (Lipinski definition) is 2. The molecule has 0 spiro atoms. The Bertz CT molecular complexity index is 319. The zero-order valence-electron chi connectivity index (χ0n) is 11.5. The normalized spacial score (nSPS) is 10.6. The summed E-state index contributed by atoms with van der Waals surface area (Å²) in [5.41, 5.74) is 0. The molecule has 0 fully saturated rings. The lowest BCUT2D eigenvalue weighted by atomic mass is 10.4. The Morgan fingerprint density at radius 2 is 1.79 bits per heavy atom. The Kier molecular flexibility index (Phi) is 8.47. The summed E-state index contributed by atoms with van der Waals surface area (Å²) in [5, 5.41) is 10.8. The molecule has 0 radical (unpaired) electrons. The Hall–Kier alpha value is -1.67. The van der Waals surface area contributed by atoms with Gasteiger partial charge in [0.15, 0.2) is 0 Å². The van der Waals surface area contributed by atoms with E-state index in [2.05, 4.69) is 4.74 Å². The quantitative estimate of drug-likeness (QED) is 0.598. The molecule has 0 saturated heterocycles. The molecule has 0 atom stereocenters. The molecule has 0 aromatic rings. The number of ether oxygens (including phenoxy) is 1. The molecule has 0 rings (SSSR count). The second-order valence-electron chi connectivity index (χ2n) is 4.18. The lowest BCUT2D eigenvalue weighted by Crippen LogP contribution is -2.44. The van der Waals surface area contributed by atoms with Gasteiger partial charge in [-0.2, -0.15) is 0 Å². The van der Waals surface area contributed by atoms with Gasteiger partial charge in [0, 0.05) is 13.1 Å². The van der Waals surface area contributed by atoms with Crippen LogP contribution >= 0.6 is 0 Å². The second-order valence-corrected chi connectivity index (χ2v) is 4.18. The predicted molar refractivity (Wildman–Crippen MR) is 67.8 cm³/mol. The van der Waals surface area contributed by atoms with E-state index in [9.17, 15) is 14.4 Å². The monoisotopic (exact) mass is 275 g/mol. The molecule has 0 heterocycles. The van der Waals surface area contributed by atoms with Gasteiger partial charge < -0.3 is 14.7 Å². The average molecular weight is 275 g/mol. The van der Waals surface area contributed by atoms with Crippen LogP contribution < -0.4 is 5.32 Å². The second kappa shape index (κ2) is 9.29. The number of likely N-dealkylation sites (N-methyl/N-ethyl adjacent to an activating group) is 1. The fourth-order valence-electron chi connectivity index (χ4n) is 1.27. The highest BCUT2D eigenvalue weighted by Gasteiger charge is 2.16. The Labute approximate surface area is 112 Å². The number of nitrogens with one attached hydrogen (secondary N) is 1. The number of carbonyl (C=O) groups is 3. The highest BCUT2D eigenvalue weighted by molar-refractivity contribution is 5.93. The van der Waals surface area contributed by atoms with Crippen LogP contribution in [0.25, 0.3) is 0 Å². The molecule has 0 saturated carbocycles. The van der Waals surface area contributed by atoms with Crippen LogP contribution in [0.4, 0.5) is 4.79 Å². The number of aliphatic carboxylic acids is 1. The molecule has 0 aromatic heterocycles. The first kappa shape index (κ1) is 17.3. The fourth-order valence-corrected chi connectivity index (χ4v) is 1.27. The summed E-state index contributed by atoms with van der Waals surface area (Å²) in [4.78, 5) is 36.5. The van der Waals surface area contributed by atoms with Crippen molar-refractivity contribution >= 4 is 18.0 Å². The van der Waals surface area contributed by atoms with Gasteiger partial charge in [-0.1, -0.05) is 0 Å². The van der Waals surface area contributed by atoms with Crippen molar-refractivity contribution in [3.05, 3.63) is 0 Å². The molecule has 2 N–H and O–H groups in total. The van der Waals surface area contributed by atoms with Crippen molar-refractivity contribution in [1.29, 1.82) is 0 Å². The molecule has 8 heteroatoms. The van der Waals surface area contributed by atoms with Crippen LogP contribution in [0.15, 0.2) is 0 Å². The number of amides is 2. The van der Waals surface area contributed by atoms with Crippen molar-refractivity contribution in [3.8, 4) is 0 Å². The van der Waals surface area contributed by atoms with E-state index in [1.165, 1.54) is 4.90 Å². The first-order valence-electron chi connectivity index (χ1n) is 5.90. The van der Waals surface area contributed by atoms with Gasteiger partial charge >= 0.3 is 12.1 Å². The maximum Gasteiger partial charge on any atom is 0.413 e. The van der Waals surface area contributed by atoms with Crippen molar-refractivity contribution < 1.29 is 24.2 Å². The fraction of sp³-hybridized carbons (Fsp3) is 0.727. The highest BCUT2D eigenvalue weighted by atomic mass is 16.5. The third-order valence-electron chi connectivity index (χ3n) is 2.11. The predicted octanol–water partition coefficient (Wildman–Crippen LogP) is -0.793. The van der Waals surface area contributed by atoms with Crippen LogP contribution in [0.5, 0.6) is 0 Å². The lowest BCUT2D eigenvalue weighted by molar-refractivity contribution is -0.138. The van der Waals surface area contributed by atoms with Gasteiger partial charge in [0.25, 0.3) is 0 Å². The minimum absolute atomic E-state index is 0.165. The zero-order valence-corrected chi connectivity index (χ0v) is 11.5. The standard InChI is InChI=1S/C11H21N3O5/c1-4-19-11(18)12-9(15)7-14(8-10(16)17)6-5-13(2)3/h4-8H2,1-3H3,(H,16,17)(H,12,15,18). The minimum atomic E-state index is -1.03. The lowest BCUT2D eigenvalue weighted by Gasteiger charge is -2.21. The third-order valence-corrected chi connectivity index (χ3v) is 2.11.